The Kier molecular flexibility index (Phi) is 3.64. The third-order valence-electron chi connectivity index (χ3n) is 2.55. The Labute approximate surface area is 69.9 Å². The van der Waals surface area contributed by atoms with E-state index in [4.69, 9.17) is 0 Å². The maximum Gasteiger partial charge on any atom is 0.00112 e. The van der Waals surface area contributed by atoms with E-state index in [2.05, 4.69) is 24.4 Å². The van der Waals surface area contributed by atoms with Crippen molar-refractivity contribution in [3.63, 3.8) is 0 Å². The molecule has 1 N–H and O–H groups in total. The van der Waals surface area contributed by atoms with Crippen molar-refractivity contribution in [3.05, 3.63) is 12.2 Å². The Morgan fingerprint density at radius 1 is 1.27 bits per heavy atom. The lowest BCUT2D eigenvalue weighted by molar-refractivity contribution is 0.437. The molecule has 64 valence electrons. The summed E-state index contributed by atoms with van der Waals surface area (Å²) in [7, 11) is 2.03. The van der Waals surface area contributed by atoms with Crippen LogP contribution in [0.4, 0.5) is 0 Å². The summed E-state index contributed by atoms with van der Waals surface area (Å²) < 4.78 is 0. The van der Waals surface area contributed by atoms with Crippen LogP contribution in [0, 0.1) is 11.8 Å². The lowest BCUT2D eigenvalue weighted by Crippen LogP contribution is -2.20. The molecule has 0 saturated carbocycles. The molecule has 0 aromatic heterocycles. The minimum absolute atomic E-state index is 0.794. The van der Waals surface area contributed by atoms with E-state index in [-0.39, 0.29) is 0 Å². The van der Waals surface area contributed by atoms with E-state index in [0.29, 0.717) is 0 Å². The maximum atomic E-state index is 3.22. The molecule has 1 heteroatoms. The van der Waals surface area contributed by atoms with Crippen molar-refractivity contribution in [2.45, 2.75) is 26.2 Å². The van der Waals surface area contributed by atoms with E-state index in [1.54, 1.807) is 0 Å². The Hall–Kier alpha value is -0.300. The van der Waals surface area contributed by atoms with E-state index >= 15 is 0 Å². The molecule has 0 radical (unpaired) electrons. The minimum Gasteiger partial charge on any atom is -0.319 e. The largest absolute Gasteiger partial charge is 0.319 e. The molecular weight excluding hydrogens is 134 g/mol. The first kappa shape index (κ1) is 8.79. The standard InChI is InChI=1S/C10H19N/c1-3-9-4-6-10(7-5-9)8-11-2/h4,6,9-11H,3,5,7-8H2,1-2H3. The Bertz CT molecular complexity index is 129. The number of nitrogens with one attached hydrogen (secondary N) is 1. The predicted molar refractivity (Wildman–Crippen MR) is 49.6 cm³/mol. The van der Waals surface area contributed by atoms with Crippen LogP contribution in [0.25, 0.3) is 0 Å². The van der Waals surface area contributed by atoms with Gasteiger partial charge in [-0.2, -0.15) is 0 Å². The van der Waals surface area contributed by atoms with Gasteiger partial charge >= 0.3 is 0 Å². The first-order chi connectivity index (χ1) is 5.36. The molecule has 2 unspecified atom stereocenters. The van der Waals surface area contributed by atoms with Gasteiger partial charge in [0.15, 0.2) is 0 Å². The molecule has 0 heterocycles. The zero-order valence-corrected chi connectivity index (χ0v) is 7.64. The number of rotatable bonds is 3. The highest BCUT2D eigenvalue weighted by molar-refractivity contribution is 4.98. The number of allylic oxidation sites excluding steroid dienone is 1. The number of hydrogen-bond acceptors (Lipinski definition) is 1. The van der Waals surface area contributed by atoms with Crippen LogP contribution in [0.15, 0.2) is 12.2 Å². The molecule has 0 aromatic carbocycles. The molecule has 0 aromatic rings. The van der Waals surface area contributed by atoms with E-state index in [1.807, 2.05) is 7.05 Å². The first-order valence-corrected chi connectivity index (χ1v) is 4.69. The van der Waals surface area contributed by atoms with Crippen molar-refractivity contribution in [1.29, 1.82) is 0 Å². The van der Waals surface area contributed by atoms with Gasteiger partial charge in [-0.1, -0.05) is 19.1 Å². The van der Waals surface area contributed by atoms with E-state index in [9.17, 15) is 0 Å². The minimum atomic E-state index is 0.794. The maximum absolute atomic E-state index is 3.22. The Morgan fingerprint density at radius 3 is 2.36 bits per heavy atom. The van der Waals surface area contributed by atoms with Gasteiger partial charge in [0.05, 0.1) is 0 Å². The fourth-order valence-electron chi connectivity index (χ4n) is 1.71. The van der Waals surface area contributed by atoms with Crippen LogP contribution >= 0.6 is 0 Å². The zero-order chi connectivity index (χ0) is 8.10. The molecule has 0 fully saturated rings. The second kappa shape index (κ2) is 4.55. The van der Waals surface area contributed by atoms with Crippen LogP contribution in [0.1, 0.15) is 26.2 Å². The summed E-state index contributed by atoms with van der Waals surface area (Å²) in [4.78, 5) is 0. The molecule has 11 heavy (non-hydrogen) atoms. The molecule has 1 aliphatic rings. The summed E-state index contributed by atoms with van der Waals surface area (Å²) >= 11 is 0. The second-order valence-corrected chi connectivity index (χ2v) is 3.45. The molecule has 1 aliphatic carbocycles. The van der Waals surface area contributed by atoms with Gasteiger partial charge in [-0.3, -0.25) is 0 Å². The average molecular weight is 153 g/mol. The first-order valence-electron chi connectivity index (χ1n) is 4.69. The summed E-state index contributed by atoms with van der Waals surface area (Å²) in [5.74, 6) is 1.66. The zero-order valence-electron chi connectivity index (χ0n) is 7.64. The summed E-state index contributed by atoms with van der Waals surface area (Å²) in [6.45, 7) is 3.42. The average Bonchev–Trinajstić information content (AvgIpc) is 2.07. The van der Waals surface area contributed by atoms with Gasteiger partial charge in [0, 0.05) is 6.54 Å². The van der Waals surface area contributed by atoms with Crippen LogP contribution in [0.3, 0.4) is 0 Å². The molecule has 0 saturated heterocycles. The van der Waals surface area contributed by atoms with Gasteiger partial charge in [-0.25, -0.2) is 0 Å². The van der Waals surface area contributed by atoms with Gasteiger partial charge < -0.3 is 5.32 Å². The van der Waals surface area contributed by atoms with Crippen molar-refractivity contribution >= 4 is 0 Å². The molecule has 0 spiro atoms. The van der Waals surface area contributed by atoms with E-state index in [1.165, 1.54) is 19.3 Å². The summed E-state index contributed by atoms with van der Waals surface area (Å²) in [5, 5.41) is 3.22. The van der Waals surface area contributed by atoms with Crippen LogP contribution in [0.2, 0.25) is 0 Å². The van der Waals surface area contributed by atoms with Crippen LogP contribution in [-0.4, -0.2) is 13.6 Å². The molecule has 0 aliphatic heterocycles. The normalized spacial score (nSPS) is 30.7. The predicted octanol–water partition coefficient (Wildman–Crippen LogP) is 2.20. The van der Waals surface area contributed by atoms with Crippen LogP contribution in [0.5, 0.6) is 0 Å². The molecule has 0 amide bonds. The topological polar surface area (TPSA) is 12.0 Å². The smallest absolute Gasteiger partial charge is 0.00112 e. The molecular formula is C10H19N. The monoisotopic (exact) mass is 153 g/mol. The Morgan fingerprint density at radius 2 is 1.91 bits per heavy atom. The van der Waals surface area contributed by atoms with Gasteiger partial charge in [0.1, 0.15) is 0 Å². The van der Waals surface area contributed by atoms with Gasteiger partial charge in [0.25, 0.3) is 0 Å². The molecule has 1 nitrogen and oxygen atoms in total. The highest BCUT2D eigenvalue weighted by atomic mass is 14.8. The summed E-state index contributed by atoms with van der Waals surface area (Å²) in [6, 6.07) is 0. The van der Waals surface area contributed by atoms with Gasteiger partial charge in [-0.05, 0) is 38.1 Å². The Balaban J connectivity index is 2.30. The highest BCUT2D eigenvalue weighted by Gasteiger charge is 2.12. The van der Waals surface area contributed by atoms with Crippen molar-refractivity contribution in [3.8, 4) is 0 Å². The second-order valence-electron chi connectivity index (χ2n) is 3.45. The van der Waals surface area contributed by atoms with Gasteiger partial charge in [-0.15, -0.1) is 0 Å². The third-order valence-corrected chi connectivity index (χ3v) is 2.55. The highest BCUT2D eigenvalue weighted by Crippen LogP contribution is 2.23. The quantitative estimate of drug-likeness (QED) is 0.613. The van der Waals surface area contributed by atoms with E-state index < -0.39 is 0 Å². The van der Waals surface area contributed by atoms with Crippen LogP contribution < -0.4 is 5.32 Å². The SMILES string of the molecule is CCC1C=CC(CNC)CC1. The fourth-order valence-corrected chi connectivity index (χ4v) is 1.71. The van der Waals surface area contributed by atoms with Crippen molar-refractivity contribution in [2.24, 2.45) is 11.8 Å². The molecule has 1 rings (SSSR count). The molecule has 0 bridgehead atoms. The summed E-state index contributed by atoms with van der Waals surface area (Å²) in [5.41, 5.74) is 0. The van der Waals surface area contributed by atoms with Gasteiger partial charge in [0.2, 0.25) is 0 Å². The number of hydrogen-bond donors (Lipinski definition) is 1. The lowest BCUT2D eigenvalue weighted by Gasteiger charge is -2.21. The van der Waals surface area contributed by atoms with E-state index in [0.717, 1.165) is 18.4 Å². The van der Waals surface area contributed by atoms with Crippen molar-refractivity contribution in [1.82, 2.24) is 5.32 Å². The van der Waals surface area contributed by atoms with Crippen molar-refractivity contribution < 1.29 is 0 Å². The summed E-state index contributed by atoms with van der Waals surface area (Å²) in [6.07, 6.45) is 8.84. The molecule has 2 atom stereocenters. The third kappa shape index (κ3) is 2.66. The van der Waals surface area contributed by atoms with Crippen molar-refractivity contribution in [2.75, 3.05) is 13.6 Å². The fraction of sp³-hybridized carbons (Fsp3) is 0.800. The lowest BCUT2D eigenvalue weighted by atomic mass is 9.87. The van der Waals surface area contributed by atoms with Crippen LogP contribution in [-0.2, 0) is 0 Å².